The van der Waals surface area contributed by atoms with E-state index < -0.39 is 0 Å². The van der Waals surface area contributed by atoms with Gasteiger partial charge in [-0.25, -0.2) is 0 Å². The van der Waals surface area contributed by atoms with Crippen molar-refractivity contribution in [3.05, 3.63) is 29.3 Å². The Kier molecular flexibility index (Phi) is 3.66. The summed E-state index contributed by atoms with van der Waals surface area (Å²) in [6.45, 7) is 0.481. The number of nitrogen functional groups attached to an aromatic ring is 1. The van der Waals surface area contributed by atoms with Crippen LogP contribution in [0.4, 0.5) is 5.69 Å². The number of anilines is 1. The van der Waals surface area contributed by atoms with Gasteiger partial charge in [0.05, 0.1) is 11.1 Å². The summed E-state index contributed by atoms with van der Waals surface area (Å²) >= 11 is 2.28. The minimum Gasteiger partial charge on any atom is -0.398 e. The second kappa shape index (κ2) is 5.03. The van der Waals surface area contributed by atoms with Crippen molar-refractivity contribution < 1.29 is 9.59 Å². The van der Waals surface area contributed by atoms with E-state index in [2.05, 4.69) is 22.6 Å². The molecule has 2 rings (SSSR count). The molecule has 1 aromatic carbocycles. The number of imide groups is 1. The number of alkyl halides is 1. The number of rotatable bonds is 4. The van der Waals surface area contributed by atoms with Crippen LogP contribution in [0, 0.1) is 0 Å². The van der Waals surface area contributed by atoms with Gasteiger partial charge in [0.2, 0.25) is 0 Å². The van der Waals surface area contributed by atoms with Crippen molar-refractivity contribution in [1.82, 2.24) is 4.90 Å². The van der Waals surface area contributed by atoms with E-state index in [1.807, 2.05) is 0 Å². The van der Waals surface area contributed by atoms with Crippen LogP contribution >= 0.6 is 22.6 Å². The van der Waals surface area contributed by atoms with Gasteiger partial charge in [-0.1, -0.05) is 28.7 Å². The van der Waals surface area contributed by atoms with Gasteiger partial charge in [-0.3, -0.25) is 14.5 Å². The fourth-order valence-electron chi connectivity index (χ4n) is 1.93. The molecule has 5 heteroatoms. The van der Waals surface area contributed by atoms with Gasteiger partial charge in [0.15, 0.2) is 0 Å². The molecule has 0 atom stereocenters. The quantitative estimate of drug-likeness (QED) is 0.299. The molecule has 17 heavy (non-hydrogen) atoms. The Balaban J connectivity index is 2.24. The summed E-state index contributed by atoms with van der Waals surface area (Å²) < 4.78 is 1.03. The average Bonchev–Trinajstić information content (AvgIpc) is 2.55. The molecule has 0 radical (unpaired) electrons. The van der Waals surface area contributed by atoms with E-state index in [9.17, 15) is 9.59 Å². The van der Waals surface area contributed by atoms with Crippen molar-refractivity contribution in [2.75, 3.05) is 16.7 Å². The summed E-state index contributed by atoms with van der Waals surface area (Å²) in [5.74, 6) is -0.470. The summed E-state index contributed by atoms with van der Waals surface area (Å²) in [7, 11) is 0. The summed E-state index contributed by atoms with van der Waals surface area (Å²) in [5, 5.41) is 0. The Morgan fingerprint density at radius 1 is 1.18 bits per heavy atom. The molecule has 90 valence electrons. The van der Waals surface area contributed by atoms with E-state index >= 15 is 0 Å². The first-order valence-electron chi connectivity index (χ1n) is 5.47. The molecule has 0 saturated carbocycles. The van der Waals surface area contributed by atoms with Crippen LogP contribution in [0.25, 0.3) is 0 Å². The maximum atomic E-state index is 12.0. The normalized spacial score (nSPS) is 14.3. The van der Waals surface area contributed by atoms with E-state index in [0.29, 0.717) is 23.4 Å². The number of nitrogens with two attached hydrogens (primary N) is 1. The van der Waals surface area contributed by atoms with E-state index in [0.717, 1.165) is 17.3 Å². The highest BCUT2D eigenvalue weighted by atomic mass is 127. The van der Waals surface area contributed by atoms with E-state index in [4.69, 9.17) is 5.73 Å². The van der Waals surface area contributed by atoms with Crippen molar-refractivity contribution in [3.63, 3.8) is 0 Å². The molecule has 0 fully saturated rings. The molecule has 4 nitrogen and oxygen atoms in total. The van der Waals surface area contributed by atoms with Gasteiger partial charge in [-0.2, -0.15) is 0 Å². The lowest BCUT2D eigenvalue weighted by Gasteiger charge is -2.12. The number of fused-ring (bicyclic) bond motifs is 1. The fraction of sp³-hybridized carbons (Fsp3) is 0.333. The van der Waals surface area contributed by atoms with Crippen molar-refractivity contribution in [3.8, 4) is 0 Å². The molecule has 0 bridgehead atoms. The van der Waals surface area contributed by atoms with Crippen LogP contribution in [-0.4, -0.2) is 27.7 Å². The van der Waals surface area contributed by atoms with Crippen molar-refractivity contribution in [2.45, 2.75) is 12.8 Å². The number of benzene rings is 1. The minimum absolute atomic E-state index is 0.217. The van der Waals surface area contributed by atoms with Crippen molar-refractivity contribution in [2.24, 2.45) is 0 Å². The van der Waals surface area contributed by atoms with Crippen molar-refractivity contribution in [1.29, 1.82) is 0 Å². The molecule has 0 saturated heterocycles. The zero-order chi connectivity index (χ0) is 12.4. The highest BCUT2D eigenvalue weighted by Gasteiger charge is 2.36. The lowest BCUT2D eigenvalue weighted by atomic mass is 10.1. The van der Waals surface area contributed by atoms with E-state index in [1.54, 1.807) is 18.2 Å². The molecule has 2 N–H and O–H groups in total. The predicted octanol–water partition coefficient (Wildman–Crippen LogP) is 2.08. The maximum Gasteiger partial charge on any atom is 0.263 e. The number of carbonyl (C=O) groups excluding carboxylic acids is 2. The largest absolute Gasteiger partial charge is 0.398 e. The number of amides is 2. The first-order valence-corrected chi connectivity index (χ1v) is 7.00. The van der Waals surface area contributed by atoms with Crippen LogP contribution in [0.15, 0.2) is 18.2 Å². The molecule has 0 aromatic heterocycles. The van der Waals surface area contributed by atoms with Gasteiger partial charge in [0, 0.05) is 12.2 Å². The summed E-state index contributed by atoms with van der Waals surface area (Å²) in [6, 6.07) is 5.01. The first-order chi connectivity index (χ1) is 8.16. The van der Waals surface area contributed by atoms with Crippen LogP contribution in [0.1, 0.15) is 33.6 Å². The Morgan fingerprint density at radius 3 is 2.59 bits per heavy atom. The fourth-order valence-corrected chi connectivity index (χ4v) is 2.47. The molecule has 0 unspecified atom stereocenters. The van der Waals surface area contributed by atoms with E-state index in [-0.39, 0.29) is 11.8 Å². The zero-order valence-corrected chi connectivity index (χ0v) is 11.4. The minimum atomic E-state index is -0.253. The number of nitrogens with zero attached hydrogens (tertiary/aromatic N) is 1. The standard InChI is InChI=1S/C12H13IN2O2/c13-6-1-2-7-15-11(16)8-4-3-5-9(14)10(8)12(15)17/h3-5H,1-2,6-7,14H2. The van der Waals surface area contributed by atoms with Gasteiger partial charge < -0.3 is 5.73 Å². The van der Waals surface area contributed by atoms with Crippen LogP contribution in [0.2, 0.25) is 0 Å². The number of carbonyl (C=O) groups is 2. The lowest BCUT2D eigenvalue weighted by Crippen LogP contribution is -2.30. The van der Waals surface area contributed by atoms with Crippen LogP contribution < -0.4 is 5.73 Å². The van der Waals surface area contributed by atoms with Crippen LogP contribution in [0.3, 0.4) is 0 Å². The van der Waals surface area contributed by atoms with Gasteiger partial charge in [0.1, 0.15) is 0 Å². The molecular formula is C12H13IN2O2. The third-order valence-electron chi connectivity index (χ3n) is 2.80. The summed E-state index contributed by atoms with van der Waals surface area (Å²) in [5.41, 5.74) is 6.93. The molecule has 0 aliphatic carbocycles. The molecule has 1 aromatic rings. The molecular weight excluding hydrogens is 331 g/mol. The monoisotopic (exact) mass is 344 g/mol. The smallest absolute Gasteiger partial charge is 0.263 e. The maximum absolute atomic E-state index is 12.0. The average molecular weight is 344 g/mol. The molecule has 1 aliphatic rings. The highest BCUT2D eigenvalue weighted by Crippen LogP contribution is 2.27. The Labute approximate surface area is 113 Å². The third kappa shape index (κ3) is 2.15. The Morgan fingerprint density at radius 2 is 1.94 bits per heavy atom. The van der Waals surface area contributed by atoms with Gasteiger partial charge in [-0.15, -0.1) is 0 Å². The third-order valence-corrected chi connectivity index (χ3v) is 3.56. The van der Waals surface area contributed by atoms with E-state index in [1.165, 1.54) is 4.90 Å². The molecule has 2 amide bonds. The summed E-state index contributed by atoms with van der Waals surface area (Å²) in [6.07, 6.45) is 1.85. The second-order valence-electron chi connectivity index (χ2n) is 3.93. The Bertz CT molecular complexity index is 474. The zero-order valence-electron chi connectivity index (χ0n) is 9.28. The second-order valence-corrected chi connectivity index (χ2v) is 5.01. The number of unbranched alkanes of at least 4 members (excludes halogenated alkanes) is 1. The SMILES string of the molecule is Nc1cccc2c1C(=O)N(CCCCI)C2=O. The predicted molar refractivity (Wildman–Crippen MR) is 74.3 cm³/mol. The van der Waals surface area contributed by atoms with Gasteiger partial charge >= 0.3 is 0 Å². The highest BCUT2D eigenvalue weighted by molar-refractivity contribution is 14.1. The lowest BCUT2D eigenvalue weighted by molar-refractivity contribution is 0.0653. The molecule has 1 aliphatic heterocycles. The Hall–Kier alpha value is -1.11. The first kappa shape index (κ1) is 12.3. The van der Waals surface area contributed by atoms with Crippen molar-refractivity contribution >= 4 is 40.1 Å². The molecule has 0 spiro atoms. The number of hydrogen-bond acceptors (Lipinski definition) is 3. The van der Waals surface area contributed by atoms with Crippen LogP contribution in [-0.2, 0) is 0 Å². The summed E-state index contributed by atoms with van der Waals surface area (Å²) in [4.78, 5) is 25.3. The van der Waals surface area contributed by atoms with Gasteiger partial charge in [0.25, 0.3) is 11.8 Å². The number of halogens is 1. The van der Waals surface area contributed by atoms with Gasteiger partial charge in [-0.05, 0) is 29.4 Å². The number of hydrogen-bond donors (Lipinski definition) is 1. The molecule has 1 heterocycles. The van der Waals surface area contributed by atoms with Crippen LogP contribution in [0.5, 0.6) is 0 Å². The topological polar surface area (TPSA) is 63.4 Å².